The molecule has 2 unspecified atom stereocenters. The van der Waals surface area contributed by atoms with E-state index in [1.54, 1.807) is 39.5 Å². The highest BCUT2D eigenvalue weighted by molar-refractivity contribution is 6.22. The molecule has 3 aliphatic rings. The van der Waals surface area contributed by atoms with E-state index >= 15 is 0 Å². The van der Waals surface area contributed by atoms with Crippen molar-refractivity contribution in [1.29, 1.82) is 0 Å². The van der Waals surface area contributed by atoms with Crippen LogP contribution in [0.4, 0.5) is 0 Å². The van der Waals surface area contributed by atoms with Crippen molar-refractivity contribution in [2.24, 2.45) is 5.73 Å². The minimum atomic E-state index is -1.68. The van der Waals surface area contributed by atoms with E-state index in [1.807, 2.05) is 135 Å². The van der Waals surface area contributed by atoms with Crippen molar-refractivity contribution < 1.29 is 40.2 Å². The average molecular weight is 1110 g/mol. The maximum atomic E-state index is 13.7. The van der Waals surface area contributed by atoms with Gasteiger partial charge in [0.1, 0.15) is 12.2 Å². The third-order valence-corrected chi connectivity index (χ3v) is 16.6. The molecule has 418 valence electrons. The average Bonchev–Trinajstić information content (AvgIpc) is 4.23. The van der Waals surface area contributed by atoms with E-state index < -0.39 is 59.5 Å². The van der Waals surface area contributed by atoms with Gasteiger partial charge in [-0.05, 0) is 60.4 Å². The lowest BCUT2D eigenvalue weighted by molar-refractivity contribution is -0.196. The van der Waals surface area contributed by atoms with Crippen LogP contribution >= 0.6 is 0 Å². The van der Waals surface area contributed by atoms with Gasteiger partial charge in [-0.1, -0.05) is 129 Å². The Morgan fingerprint density at radius 2 is 0.916 bits per heavy atom. The Kier molecular flexibility index (Phi) is 13.5. The van der Waals surface area contributed by atoms with Gasteiger partial charge in [-0.25, -0.2) is 19.9 Å². The van der Waals surface area contributed by atoms with Crippen LogP contribution in [0.2, 0.25) is 0 Å². The first kappa shape index (κ1) is 54.6. The van der Waals surface area contributed by atoms with Crippen LogP contribution in [-0.4, -0.2) is 123 Å². The van der Waals surface area contributed by atoms with Gasteiger partial charge in [-0.3, -0.25) is 14.5 Å². The smallest absolute Gasteiger partial charge is 0.262 e. The molecule has 18 nitrogen and oxygen atoms in total. The number of benzene rings is 5. The van der Waals surface area contributed by atoms with Crippen molar-refractivity contribution in [2.45, 2.75) is 81.4 Å². The van der Waals surface area contributed by atoms with Crippen molar-refractivity contribution in [1.82, 2.24) is 44.1 Å². The van der Waals surface area contributed by atoms with Crippen LogP contribution in [0.25, 0.3) is 78.1 Å². The van der Waals surface area contributed by atoms with Crippen molar-refractivity contribution in [2.75, 3.05) is 13.2 Å². The van der Waals surface area contributed by atoms with Crippen LogP contribution in [0.15, 0.2) is 170 Å². The Morgan fingerprint density at radius 3 is 1.34 bits per heavy atom. The van der Waals surface area contributed by atoms with Crippen molar-refractivity contribution >= 4 is 45.2 Å². The number of hydrogen-bond donors (Lipinski definition) is 7. The normalized spacial score (nSPS) is 21.7. The molecule has 18 heteroatoms. The first-order chi connectivity index (χ1) is 39.5. The van der Waals surface area contributed by atoms with E-state index in [4.69, 9.17) is 15.7 Å². The third-order valence-electron chi connectivity index (χ3n) is 16.6. The maximum absolute atomic E-state index is 13.7. The van der Waals surface area contributed by atoms with Crippen LogP contribution in [0, 0.1) is 13.8 Å². The molecular weight excluding hydrogens is 1050 g/mol. The van der Waals surface area contributed by atoms with Gasteiger partial charge in [0.05, 0.1) is 63.9 Å². The molecule has 2 fully saturated rings. The van der Waals surface area contributed by atoms with Crippen LogP contribution in [-0.2, 0) is 11.1 Å². The number of carbonyl (C=O) groups is 2. The zero-order chi connectivity index (χ0) is 56.9. The highest BCUT2D eigenvalue weighted by atomic mass is 16.4. The molecule has 8 N–H and O–H groups in total. The number of aryl methyl sites for hydroxylation is 2. The number of aromatic nitrogens is 8. The van der Waals surface area contributed by atoms with Crippen molar-refractivity contribution in [3.05, 3.63) is 204 Å². The number of aliphatic hydroxyl groups is 6. The molecule has 2 aliphatic carbocycles. The van der Waals surface area contributed by atoms with E-state index in [2.05, 4.69) is 38.4 Å². The molecule has 7 heterocycles. The minimum absolute atomic E-state index is 0. The second kappa shape index (κ2) is 20.5. The summed E-state index contributed by atoms with van der Waals surface area (Å²) >= 11 is 0. The molecule has 11 aromatic rings. The monoisotopic (exact) mass is 1110 g/mol. The fraction of sp³-hybridized carbons (Fsp3) is 0.231. The first-order valence-corrected chi connectivity index (χ1v) is 27.0. The molecule has 2 saturated carbocycles. The van der Waals surface area contributed by atoms with Crippen molar-refractivity contribution in [3.63, 3.8) is 0 Å². The Balaban J connectivity index is 0.000000167. The molecule has 0 radical (unpaired) electrons. The number of rotatable bonds is 11. The van der Waals surface area contributed by atoms with Gasteiger partial charge in [0.25, 0.3) is 11.8 Å². The van der Waals surface area contributed by atoms with Gasteiger partial charge in [-0.15, -0.1) is 0 Å². The fourth-order valence-electron chi connectivity index (χ4n) is 12.4. The largest absolute Gasteiger partial charge is 0.394 e. The summed E-state index contributed by atoms with van der Waals surface area (Å²) in [5, 5.41) is 72.0. The molecule has 1 aliphatic heterocycles. The lowest BCUT2D eigenvalue weighted by Crippen LogP contribution is -2.68. The molecule has 5 aromatic carbocycles. The number of fused-ring (bicyclic) bond motifs is 7. The molecule has 0 spiro atoms. The number of carbonyl (C=O) groups excluding carboxylic acids is 2. The fourth-order valence-corrected chi connectivity index (χ4v) is 12.4. The summed E-state index contributed by atoms with van der Waals surface area (Å²) in [7, 11) is 0. The summed E-state index contributed by atoms with van der Waals surface area (Å²) in [6.07, 6.45) is 1.09. The molecule has 83 heavy (non-hydrogen) atoms. The van der Waals surface area contributed by atoms with Gasteiger partial charge in [0, 0.05) is 88.8 Å². The summed E-state index contributed by atoms with van der Waals surface area (Å²) in [5.74, 6) is -0.917. The Labute approximate surface area is 476 Å². The number of aliphatic hydroxyl groups excluding tert-OH is 4. The molecular formula is C65H60N10O8. The van der Waals surface area contributed by atoms with Gasteiger partial charge in [-0.2, -0.15) is 19.2 Å². The van der Waals surface area contributed by atoms with Crippen LogP contribution in [0.5, 0.6) is 0 Å². The number of nitrogens with two attached hydrogens (primary N) is 1. The number of hydrogen-bond acceptors (Lipinski definition) is 15. The summed E-state index contributed by atoms with van der Waals surface area (Å²) in [5.41, 5.74) is 15.2. The minimum Gasteiger partial charge on any atom is -0.394 e. The lowest BCUT2D eigenvalue weighted by atomic mass is 9.58. The molecule has 0 saturated heterocycles. The Hall–Kier alpha value is -8.98. The second-order valence-electron chi connectivity index (χ2n) is 22.1. The van der Waals surface area contributed by atoms with Gasteiger partial charge in [0.15, 0.2) is 22.6 Å². The molecule has 2 amide bonds. The van der Waals surface area contributed by atoms with Crippen LogP contribution in [0.1, 0.15) is 76.3 Å². The summed E-state index contributed by atoms with van der Waals surface area (Å²) in [6, 6.07) is 49.9. The molecule has 0 bridgehead atoms. The lowest BCUT2D eigenvalue weighted by Gasteiger charge is -2.58. The summed E-state index contributed by atoms with van der Waals surface area (Å²) < 4.78 is 3.50. The predicted octanol–water partition coefficient (Wildman–Crippen LogP) is 7.88. The molecule has 6 aromatic heterocycles. The van der Waals surface area contributed by atoms with E-state index in [0.29, 0.717) is 33.7 Å². The molecule has 2 atom stereocenters. The maximum Gasteiger partial charge on any atom is 0.262 e. The quantitative estimate of drug-likeness (QED) is 0.0607. The SMILES string of the molecule is C.Cc1cc2ncc3cc(-c4ccccc4)c(-c4ccc(C5(N)CC(O)(C(O)CO)C5)cc4)nc3n2n1.Cc1cc2ncc3cc(-c4ccccc4)c(-c4ccc(C5(N6C(=O)c7ccccc7C6=O)CC(O)(C(O)CO)C5)cc4)nc3n2n1. The van der Waals surface area contributed by atoms with Gasteiger partial charge < -0.3 is 36.4 Å². The number of amides is 2. The Bertz CT molecular complexity index is 4280. The first-order valence-electron chi connectivity index (χ1n) is 27.0. The highest BCUT2D eigenvalue weighted by Crippen LogP contribution is 2.56. The zero-order valence-corrected chi connectivity index (χ0v) is 44.7. The predicted molar refractivity (Wildman–Crippen MR) is 314 cm³/mol. The van der Waals surface area contributed by atoms with Crippen LogP contribution < -0.4 is 5.73 Å². The van der Waals surface area contributed by atoms with E-state index in [9.17, 15) is 40.2 Å². The zero-order valence-electron chi connectivity index (χ0n) is 44.7. The number of pyridine rings is 2. The Morgan fingerprint density at radius 1 is 0.518 bits per heavy atom. The van der Waals surface area contributed by atoms with Gasteiger partial charge >= 0.3 is 0 Å². The topological polar surface area (TPSA) is 271 Å². The number of imide groups is 1. The highest BCUT2D eigenvalue weighted by Gasteiger charge is 2.64. The van der Waals surface area contributed by atoms with Gasteiger partial charge in [0.2, 0.25) is 0 Å². The van der Waals surface area contributed by atoms with Crippen molar-refractivity contribution in [3.8, 4) is 44.8 Å². The second-order valence-corrected chi connectivity index (χ2v) is 22.1. The summed E-state index contributed by atoms with van der Waals surface area (Å²) in [6.45, 7) is 2.69. The standard InChI is InChI=1S/C36H29N5O5.C28H27N5O3.CH4/c1-21-15-30-37-17-24-16-28(22-7-3-2-4-8-22)31(38-32(24)41(30)39-21)23-11-13-25(14-12-23)35(19-36(46,20-35)29(43)18-42)40-33(44)26-9-5-6-10-27(26)34(40)45;1-17-11-24-30-13-20-12-22(18-5-3-2-4-6-18)25(31-26(20)33(24)32-17)19-7-9-21(10-8-19)27(29)15-28(36,16-27)23(35)14-34;/h2-17,29,42-43,46H,18-20H2,1H3;2-13,23,34-36H,14-16,29H2,1H3;1H4. The van der Waals surface area contributed by atoms with E-state index in [-0.39, 0.29) is 33.1 Å². The van der Waals surface area contributed by atoms with E-state index in [1.165, 1.54) is 4.90 Å². The summed E-state index contributed by atoms with van der Waals surface area (Å²) in [4.78, 5) is 47.9. The van der Waals surface area contributed by atoms with Crippen LogP contribution in [0.3, 0.4) is 0 Å². The van der Waals surface area contributed by atoms with E-state index in [0.717, 1.165) is 78.1 Å². The third kappa shape index (κ3) is 9.02. The number of nitrogens with zero attached hydrogens (tertiary/aromatic N) is 9. The molecule has 14 rings (SSSR count).